The minimum Gasteiger partial charge on any atom is -0.327 e. The van der Waals surface area contributed by atoms with Crippen LogP contribution in [0.4, 0.5) is 5.69 Å². The van der Waals surface area contributed by atoms with E-state index < -0.39 is 10.0 Å². The van der Waals surface area contributed by atoms with Gasteiger partial charge in [0.1, 0.15) is 0 Å². The molecule has 4 nitrogen and oxygen atoms in total. The van der Waals surface area contributed by atoms with Crippen LogP contribution in [0.15, 0.2) is 59.5 Å². The van der Waals surface area contributed by atoms with Crippen LogP contribution in [0, 0.1) is 0 Å². The van der Waals surface area contributed by atoms with Crippen LogP contribution in [0.5, 0.6) is 0 Å². The van der Waals surface area contributed by atoms with Gasteiger partial charge in [0.15, 0.2) is 0 Å². The summed E-state index contributed by atoms with van der Waals surface area (Å²) in [5.74, 6) is 0. The third kappa shape index (κ3) is 2.66. The van der Waals surface area contributed by atoms with E-state index in [4.69, 9.17) is 5.73 Å². The van der Waals surface area contributed by atoms with Crippen molar-refractivity contribution in [3.63, 3.8) is 0 Å². The molecule has 0 aliphatic carbocycles. The Kier molecular flexibility index (Phi) is 3.69. The van der Waals surface area contributed by atoms with Crippen LogP contribution in [-0.4, -0.2) is 21.0 Å². The highest BCUT2D eigenvalue weighted by Crippen LogP contribution is 2.30. The number of benzene rings is 2. The summed E-state index contributed by atoms with van der Waals surface area (Å²) in [7, 11) is -3.54. The molecule has 1 aliphatic rings. The van der Waals surface area contributed by atoms with E-state index in [0.29, 0.717) is 24.3 Å². The zero-order valence-corrected chi connectivity index (χ0v) is 12.5. The maximum absolute atomic E-state index is 12.9. The van der Waals surface area contributed by atoms with Crippen molar-refractivity contribution in [2.75, 3.05) is 10.8 Å². The largest absolute Gasteiger partial charge is 0.327 e. The van der Waals surface area contributed by atoms with Gasteiger partial charge in [-0.25, -0.2) is 8.42 Å². The van der Waals surface area contributed by atoms with Gasteiger partial charge in [0.05, 0.1) is 10.6 Å². The standard InChI is InChI=1S/C16H18N2O2S/c17-14-10-11-18(16-9-5-4-6-13(16)12-14)21(19,20)15-7-2-1-3-8-15/h1-9,14H,10-12,17H2. The molecule has 1 heterocycles. The highest BCUT2D eigenvalue weighted by molar-refractivity contribution is 7.92. The Labute approximate surface area is 125 Å². The van der Waals surface area contributed by atoms with E-state index in [1.165, 1.54) is 4.31 Å². The number of anilines is 1. The van der Waals surface area contributed by atoms with E-state index in [-0.39, 0.29) is 6.04 Å². The Balaban J connectivity index is 2.10. The van der Waals surface area contributed by atoms with Gasteiger partial charge in [-0.1, -0.05) is 36.4 Å². The summed E-state index contributed by atoms with van der Waals surface area (Å²) in [4.78, 5) is 0.315. The number of rotatable bonds is 2. The summed E-state index contributed by atoms with van der Waals surface area (Å²) in [6.45, 7) is 0.412. The molecule has 5 heteroatoms. The molecule has 1 aliphatic heterocycles. The predicted octanol–water partition coefficient (Wildman–Crippen LogP) is 2.16. The second-order valence-corrected chi connectivity index (χ2v) is 7.13. The molecule has 1 unspecified atom stereocenters. The molecule has 2 N–H and O–H groups in total. The molecular formula is C16H18N2O2S. The summed E-state index contributed by atoms with van der Waals surface area (Å²) in [6, 6.07) is 16.1. The van der Waals surface area contributed by atoms with Gasteiger partial charge < -0.3 is 5.73 Å². The highest BCUT2D eigenvalue weighted by Gasteiger charge is 2.29. The normalized spacial score (nSPS) is 18.9. The molecule has 1 atom stereocenters. The van der Waals surface area contributed by atoms with Crippen molar-refractivity contribution in [1.82, 2.24) is 0 Å². The van der Waals surface area contributed by atoms with Gasteiger partial charge in [0, 0.05) is 12.6 Å². The molecule has 0 spiro atoms. The van der Waals surface area contributed by atoms with Crippen molar-refractivity contribution < 1.29 is 8.42 Å². The number of hydrogen-bond donors (Lipinski definition) is 1. The second-order valence-electron chi connectivity index (χ2n) is 5.27. The van der Waals surface area contributed by atoms with E-state index in [9.17, 15) is 8.42 Å². The molecule has 0 radical (unpaired) electrons. The molecule has 2 aromatic carbocycles. The lowest BCUT2D eigenvalue weighted by Gasteiger charge is -2.24. The molecule has 21 heavy (non-hydrogen) atoms. The third-order valence-corrected chi connectivity index (χ3v) is 5.60. The number of sulfonamides is 1. The van der Waals surface area contributed by atoms with Crippen LogP contribution in [0.1, 0.15) is 12.0 Å². The summed E-state index contributed by atoms with van der Waals surface area (Å²) in [5, 5.41) is 0. The molecule has 0 fully saturated rings. The predicted molar refractivity (Wildman–Crippen MR) is 83.7 cm³/mol. The molecule has 2 aromatic rings. The second kappa shape index (κ2) is 5.50. The molecular weight excluding hydrogens is 284 g/mol. The summed E-state index contributed by atoms with van der Waals surface area (Å²) in [5.41, 5.74) is 7.80. The number of hydrogen-bond acceptors (Lipinski definition) is 3. The number of nitrogens with zero attached hydrogens (tertiary/aromatic N) is 1. The Morgan fingerprint density at radius 3 is 2.43 bits per heavy atom. The van der Waals surface area contributed by atoms with E-state index in [1.807, 2.05) is 30.3 Å². The number of fused-ring (bicyclic) bond motifs is 1. The fourth-order valence-electron chi connectivity index (χ4n) is 2.68. The minimum absolute atomic E-state index is 0.0119. The average molecular weight is 302 g/mol. The molecule has 3 rings (SSSR count). The quantitative estimate of drug-likeness (QED) is 0.924. The van der Waals surface area contributed by atoms with Gasteiger partial charge in [0.25, 0.3) is 10.0 Å². The van der Waals surface area contributed by atoms with Gasteiger partial charge in [-0.3, -0.25) is 4.31 Å². The van der Waals surface area contributed by atoms with E-state index in [0.717, 1.165) is 11.3 Å². The van der Waals surface area contributed by atoms with Crippen LogP contribution >= 0.6 is 0 Å². The van der Waals surface area contributed by atoms with Gasteiger partial charge in [-0.05, 0) is 36.6 Å². The van der Waals surface area contributed by atoms with Gasteiger partial charge in [0.2, 0.25) is 0 Å². The fourth-order valence-corrected chi connectivity index (χ4v) is 4.22. The lowest BCUT2D eigenvalue weighted by atomic mass is 10.1. The van der Waals surface area contributed by atoms with Crippen LogP contribution < -0.4 is 10.0 Å². The number of para-hydroxylation sites is 1. The van der Waals surface area contributed by atoms with Gasteiger partial charge in [-0.2, -0.15) is 0 Å². The first kappa shape index (κ1) is 14.1. The monoisotopic (exact) mass is 302 g/mol. The summed E-state index contributed by atoms with van der Waals surface area (Å²) >= 11 is 0. The zero-order chi connectivity index (χ0) is 14.9. The maximum atomic E-state index is 12.9. The molecule has 0 amide bonds. The molecule has 0 saturated heterocycles. The number of nitrogens with two attached hydrogens (primary N) is 1. The average Bonchev–Trinajstić information content (AvgIpc) is 2.66. The summed E-state index contributed by atoms with van der Waals surface area (Å²) < 4.78 is 27.3. The maximum Gasteiger partial charge on any atom is 0.264 e. The molecule has 110 valence electrons. The lowest BCUT2D eigenvalue weighted by Crippen LogP contribution is -2.33. The van der Waals surface area contributed by atoms with Gasteiger partial charge in [-0.15, -0.1) is 0 Å². The Bertz CT molecular complexity index is 729. The smallest absolute Gasteiger partial charge is 0.264 e. The first-order valence-corrected chi connectivity index (χ1v) is 8.44. The van der Waals surface area contributed by atoms with Crippen molar-refractivity contribution in [1.29, 1.82) is 0 Å². The SMILES string of the molecule is NC1CCN(S(=O)(=O)c2ccccc2)c2ccccc2C1. The summed E-state index contributed by atoms with van der Waals surface area (Å²) in [6.07, 6.45) is 1.36. The Morgan fingerprint density at radius 2 is 1.67 bits per heavy atom. The van der Waals surface area contributed by atoms with E-state index >= 15 is 0 Å². The Morgan fingerprint density at radius 1 is 1.00 bits per heavy atom. The van der Waals surface area contributed by atoms with Crippen molar-refractivity contribution in [3.8, 4) is 0 Å². The lowest BCUT2D eigenvalue weighted by molar-refractivity contribution is 0.584. The van der Waals surface area contributed by atoms with Crippen LogP contribution in [0.3, 0.4) is 0 Å². The fraction of sp³-hybridized carbons (Fsp3) is 0.250. The first-order chi connectivity index (χ1) is 10.1. The minimum atomic E-state index is -3.54. The van der Waals surface area contributed by atoms with Crippen LogP contribution in [0.25, 0.3) is 0 Å². The topological polar surface area (TPSA) is 63.4 Å². The van der Waals surface area contributed by atoms with E-state index in [2.05, 4.69) is 0 Å². The van der Waals surface area contributed by atoms with Crippen LogP contribution in [0.2, 0.25) is 0 Å². The molecule has 0 bridgehead atoms. The van der Waals surface area contributed by atoms with Crippen LogP contribution in [-0.2, 0) is 16.4 Å². The van der Waals surface area contributed by atoms with Crippen molar-refractivity contribution in [2.24, 2.45) is 5.73 Å². The molecule has 0 aromatic heterocycles. The van der Waals surface area contributed by atoms with Gasteiger partial charge >= 0.3 is 0 Å². The Hall–Kier alpha value is -1.85. The van der Waals surface area contributed by atoms with Crippen molar-refractivity contribution in [3.05, 3.63) is 60.2 Å². The first-order valence-electron chi connectivity index (χ1n) is 7.00. The van der Waals surface area contributed by atoms with E-state index in [1.54, 1.807) is 24.3 Å². The third-order valence-electron chi connectivity index (χ3n) is 3.78. The highest BCUT2D eigenvalue weighted by atomic mass is 32.2. The zero-order valence-electron chi connectivity index (χ0n) is 11.6. The van der Waals surface area contributed by atoms with Crippen molar-refractivity contribution >= 4 is 15.7 Å². The molecule has 0 saturated carbocycles. The van der Waals surface area contributed by atoms with Crippen molar-refractivity contribution in [2.45, 2.75) is 23.8 Å².